The molecular weight excluding hydrogens is 249 g/mol. The Morgan fingerprint density at radius 3 is 2.89 bits per heavy atom. The van der Waals surface area contributed by atoms with Gasteiger partial charge in [0.05, 0.1) is 19.3 Å². The highest BCUT2D eigenvalue weighted by molar-refractivity contribution is 5.92. The lowest BCUT2D eigenvalue weighted by Crippen LogP contribution is -2.46. The monoisotopic (exact) mass is 267 g/mol. The smallest absolute Gasteiger partial charge is 0.238 e. The quantitative estimate of drug-likeness (QED) is 0.842. The van der Waals surface area contributed by atoms with Crippen LogP contribution in [0.3, 0.4) is 0 Å². The molecule has 19 heavy (non-hydrogen) atoms. The minimum atomic E-state index is -0.463. The Kier molecular flexibility index (Phi) is 4.70. The summed E-state index contributed by atoms with van der Waals surface area (Å²) in [6, 6.07) is 4.27. The average Bonchev–Trinajstić information content (AvgIpc) is 2.42. The molecule has 104 valence electrons. The van der Waals surface area contributed by atoms with E-state index >= 15 is 0 Å². The lowest BCUT2D eigenvalue weighted by atomic mass is 10.2. The van der Waals surface area contributed by atoms with Crippen molar-refractivity contribution in [1.82, 2.24) is 10.2 Å². The summed E-state index contributed by atoms with van der Waals surface area (Å²) in [6.07, 6.45) is 0. The second-order valence-electron chi connectivity index (χ2n) is 4.42. The Morgan fingerprint density at radius 1 is 1.47 bits per heavy atom. The van der Waals surface area contributed by atoms with Crippen molar-refractivity contribution >= 4 is 11.6 Å². The predicted molar refractivity (Wildman–Crippen MR) is 70.9 cm³/mol. The van der Waals surface area contributed by atoms with E-state index in [1.165, 1.54) is 25.3 Å². The van der Waals surface area contributed by atoms with Crippen LogP contribution in [0.15, 0.2) is 18.2 Å². The number of nitrogens with zero attached hydrogens (tertiary/aromatic N) is 1. The summed E-state index contributed by atoms with van der Waals surface area (Å²) < 4.78 is 18.6. The van der Waals surface area contributed by atoms with E-state index in [9.17, 15) is 9.18 Å². The first-order chi connectivity index (χ1) is 9.19. The standard InChI is InChI=1S/C13H18FN3O2/c1-19-10-2-3-11(14)12(8-10)16-13(18)9-17-6-4-15-5-7-17/h2-3,8,15H,4-7,9H2,1H3,(H,16,18). The maximum absolute atomic E-state index is 13.6. The topological polar surface area (TPSA) is 53.6 Å². The number of ether oxygens (including phenoxy) is 1. The molecule has 0 saturated carbocycles. The van der Waals surface area contributed by atoms with Gasteiger partial charge in [-0.1, -0.05) is 0 Å². The second-order valence-corrected chi connectivity index (χ2v) is 4.42. The molecule has 1 aromatic rings. The highest BCUT2D eigenvalue weighted by Gasteiger charge is 2.14. The number of rotatable bonds is 4. The van der Waals surface area contributed by atoms with Crippen molar-refractivity contribution in [3.8, 4) is 5.75 Å². The van der Waals surface area contributed by atoms with Crippen molar-refractivity contribution in [3.63, 3.8) is 0 Å². The molecule has 1 fully saturated rings. The molecule has 0 atom stereocenters. The fourth-order valence-electron chi connectivity index (χ4n) is 1.99. The van der Waals surface area contributed by atoms with E-state index in [1.807, 2.05) is 4.90 Å². The van der Waals surface area contributed by atoms with Crippen molar-refractivity contribution in [3.05, 3.63) is 24.0 Å². The van der Waals surface area contributed by atoms with Crippen molar-refractivity contribution in [2.24, 2.45) is 0 Å². The Bertz CT molecular complexity index is 448. The minimum absolute atomic E-state index is 0.152. The van der Waals surface area contributed by atoms with Crippen molar-refractivity contribution in [2.75, 3.05) is 45.2 Å². The summed E-state index contributed by atoms with van der Waals surface area (Å²) in [7, 11) is 1.50. The molecule has 1 aliphatic heterocycles. The van der Waals surface area contributed by atoms with E-state index in [0.29, 0.717) is 5.75 Å². The molecule has 1 aliphatic rings. The number of piperazine rings is 1. The first-order valence-electron chi connectivity index (χ1n) is 6.25. The highest BCUT2D eigenvalue weighted by Crippen LogP contribution is 2.20. The zero-order valence-corrected chi connectivity index (χ0v) is 10.9. The first kappa shape index (κ1) is 13.8. The molecule has 1 saturated heterocycles. The molecule has 0 unspecified atom stereocenters. The number of hydrogen-bond acceptors (Lipinski definition) is 4. The largest absolute Gasteiger partial charge is 0.497 e. The lowest BCUT2D eigenvalue weighted by Gasteiger charge is -2.26. The van der Waals surface area contributed by atoms with Gasteiger partial charge in [-0.05, 0) is 12.1 Å². The van der Waals surface area contributed by atoms with Gasteiger partial charge in [-0.2, -0.15) is 0 Å². The molecule has 1 amide bonds. The average molecular weight is 267 g/mol. The summed E-state index contributed by atoms with van der Waals surface area (Å²) in [5.74, 6) is -0.164. The maximum atomic E-state index is 13.6. The number of nitrogens with one attached hydrogen (secondary N) is 2. The number of benzene rings is 1. The SMILES string of the molecule is COc1ccc(F)c(NC(=O)CN2CCNCC2)c1. The van der Waals surface area contributed by atoms with Gasteiger partial charge in [-0.3, -0.25) is 9.69 Å². The van der Waals surface area contributed by atoms with Gasteiger partial charge in [0.15, 0.2) is 0 Å². The van der Waals surface area contributed by atoms with Gasteiger partial charge in [-0.15, -0.1) is 0 Å². The van der Waals surface area contributed by atoms with Crippen molar-refractivity contribution in [1.29, 1.82) is 0 Å². The van der Waals surface area contributed by atoms with Crippen LogP contribution in [-0.2, 0) is 4.79 Å². The Labute approximate surface area is 111 Å². The zero-order valence-electron chi connectivity index (χ0n) is 10.9. The Morgan fingerprint density at radius 2 is 2.21 bits per heavy atom. The van der Waals surface area contributed by atoms with Gasteiger partial charge < -0.3 is 15.4 Å². The van der Waals surface area contributed by atoms with Gasteiger partial charge in [0, 0.05) is 32.2 Å². The number of hydrogen-bond donors (Lipinski definition) is 2. The van der Waals surface area contributed by atoms with Gasteiger partial charge >= 0.3 is 0 Å². The number of methoxy groups -OCH3 is 1. The highest BCUT2D eigenvalue weighted by atomic mass is 19.1. The number of carbonyl (C=O) groups is 1. The molecule has 6 heteroatoms. The molecule has 0 radical (unpaired) electrons. The lowest BCUT2D eigenvalue weighted by molar-refractivity contribution is -0.117. The molecule has 2 rings (SSSR count). The second kappa shape index (κ2) is 6.49. The van der Waals surface area contributed by atoms with Gasteiger partial charge in [0.2, 0.25) is 5.91 Å². The third-order valence-corrected chi connectivity index (χ3v) is 3.02. The summed E-state index contributed by atoms with van der Waals surface area (Å²) in [4.78, 5) is 13.9. The molecule has 2 N–H and O–H groups in total. The van der Waals surface area contributed by atoms with E-state index in [4.69, 9.17) is 4.74 Å². The van der Waals surface area contributed by atoms with E-state index in [-0.39, 0.29) is 18.1 Å². The molecule has 0 bridgehead atoms. The van der Waals surface area contributed by atoms with Crippen LogP contribution in [0, 0.1) is 5.82 Å². The van der Waals surface area contributed by atoms with Crippen LogP contribution in [0.2, 0.25) is 0 Å². The summed E-state index contributed by atoms with van der Waals surface area (Å²) in [6.45, 7) is 3.68. The normalized spacial score (nSPS) is 16.1. The van der Waals surface area contributed by atoms with E-state index in [0.717, 1.165) is 26.2 Å². The van der Waals surface area contributed by atoms with Crippen molar-refractivity contribution < 1.29 is 13.9 Å². The zero-order chi connectivity index (χ0) is 13.7. The third-order valence-electron chi connectivity index (χ3n) is 3.02. The summed E-state index contributed by atoms with van der Waals surface area (Å²) in [5.41, 5.74) is 0.152. The van der Waals surface area contributed by atoms with E-state index in [2.05, 4.69) is 10.6 Å². The van der Waals surface area contributed by atoms with Gasteiger partial charge in [0.1, 0.15) is 11.6 Å². The predicted octanol–water partition coefficient (Wildman–Crippen LogP) is 0.678. The van der Waals surface area contributed by atoms with Crippen LogP contribution >= 0.6 is 0 Å². The molecule has 1 heterocycles. The molecule has 0 aromatic heterocycles. The summed E-state index contributed by atoms with van der Waals surface area (Å²) >= 11 is 0. The molecule has 1 aromatic carbocycles. The fourth-order valence-corrected chi connectivity index (χ4v) is 1.99. The fraction of sp³-hybridized carbons (Fsp3) is 0.462. The van der Waals surface area contributed by atoms with Gasteiger partial charge in [-0.25, -0.2) is 4.39 Å². The van der Waals surface area contributed by atoms with Crippen LogP contribution in [0.25, 0.3) is 0 Å². The number of anilines is 1. The molecule has 0 spiro atoms. The maximum Gasteiger partial charge on any atom is 0.238 e. The van der Waals surface area contributed by atoms with Crippen LogP contribution in [0.5, 0.6) is 5.75 Å². The molecule has 0 aliphatic carbocycles. The van der Waals surface area contributed by atoms with Crippen LogP contribution in [0.1, 0.15) is 0 Å². The number of halogens is 1. The first-order valence-corrected chi connectivity index (χ1v) is 6.25. The Hall–Kier alpha value is -1.66. The van der Waals surface area contributed by atoms with Crippen molar-refractivity contribution in [2.45, 2.75) is 0 Å². The number of carbonyl (C=O) groups excluding carboxylic acids is 1. The molecule has 5 nitrogen and oxygen atoms in total. The molecular formula is C13H18FN3O2. The third kappa shape index (κ3) is 3.90. The summed E-state index contributed by atoms with van der Waals surface area (Å²) in [5, 5.41) is 5.79. The minimum Gasteiger partial charge on any atom is -0.497 e. The van der Waals surface area contributed by atoms with Crippen LogP contribution < -0.4 is 15.4 Å². The van der Waals surface area contributed by atoms with Gasteiger partial charge in [0.25, 0.3) is 0 Å². The Balaban J connectivity index is 1.94. The van der Waals surface area contributed by atoms with Crippen LogP contribution in [-0.4, -0.2) is 50.6 Å². The van der Waals surface area contributed by atoms with Crippen LogP contribution in [0.4, 0.5) is 10.1 Å². The van der Waals surface area contributed by atoms with E-state index in [1.54, 1.807) is 0 Å². The number of amides is 1. The van der Waals surface area contributed by atoms with E-state index < -0.39 is 5.82 Å².